The number of benzene rings is 1. The lowest BCUT2D eigenvalue weighted by Crippen LogP contribution is -2.52. The first-order chi connectivity index (χ1) is 11.0. The zero-order chi connectivity index (χ0) is 16.4. The third kappa shape index (κ3) is 2.91. The number of nitrogens with one attached hydrogen (secondary N) is 1. The number of anilines is 1. The van der Waals surface area contributed by atoms with E-state index in [4.69, 9.17) is 20.9 Å². The zero-order valence-electron chi connectivity index (χ0n) is 13.0. The molecule has 7 nitrogen and oxygen atoms in total. The Morgan fingerprint density at radius 1 is 1.22 bits per heavy atom. The van der Waals surface area contributed by atoms with E-state index in [2.05, 4.69) is 15.3 Å². The Balaban J connectivity index is 1.93. The van der Waals surface area contributed by atoms with Crippen molar-refractivity contribution in [3.8, 4) is 11.5 Å². The highest BCUT2D eigenvalue weighted by Gasteiger charge is 2.31. The van der Waals surface area contributed by atoms with Crippen molar-refractivity contribution in [3.63, 3.8) is 0 Å². The summed E-state index contributed by atoms with van der Waals surface area (Å²) in [5, 5.41) is 3.19. The number of pyridine rings is 1. The highest BCUT2D eigenvalue weighted by molar-refractivity contribution is 6.03. The molecule has 0 saturated carbocycles. The third-order valence-electron chi connectivity index (χ3n) is 3.72. The van der Waals surface area contributed by atoms with Gasteiger partial charge in [-0.2, -0.15) is 0 Å². The van der Waals surface area contributed by atoms with Gasteiger partial charge in [-0.3, -0.25) is 10.7 Å². The van der Waals surface area contributed by atoms with Crippen LogP contribution in [0.5, 0.6) is 11.5 Å². The number of nitrogens with zero attached hydrogens (tertiary/aromatic N) is 2. The standard InChI is InChI=1S/C16H19N5O2/c1-22-11-4-3-10(14(7-11)23-2)8-16(18)20-13-9-19-6-5-12(13)15(17)21-16/h3-7,9,20H,8,18H2,1-2H3,(H2,17,21). The molecule has 1 atom stereocenters. The molecule has 23 heavy (non-hydrogen) atoms. The Hall–Kier alpha value is -2.80. The van der Waals surface area contributed by atoms with Crippen LogP contribution < -0.4 is 26.3 Å². The first kappa shape index (κ1) is 15.1. The lowest BCUT2D eigenvalue weighted by atomic mass is 10.0. The lowest BCUT2D eigenvalue weighted by Gasteiger charge is -2.33. The molecule has 1 aliphatic rings. The topological polar surface area (TPSA) is 108 Å². The molecule has 0 amide bonds. The van der Waals surface area contributed by atoms with Crippen molar-refractivity contribution in [1.29, 1.82) is 0 Å². The third-order valence-corrected chi connectivity index (χ3v) is 3.72. The van der Waals surface area contributed by atoms with Gasteiger partial charge in [0.25, 0.3) is 0 Å². The average molecular weight is 313 g/mol. The normalized spacial score (nSPS) is 19.3. The molecule has 1 aliphatic heterocycles. The van der Waals surface area contributed by atoms with Crippen LogP contribution in [0.2, 0.25) is 0 Å². The second-order valence-corrected chi connectivity index (χ2v) is 5.32. The molecule has 1 aromatic heterocycles. The van der Waals surface area contributed by atoms with E-state index in [-0.39, 0.29) is 0 Å². The first-order valence-electron chi connectivity index (χ1n) is 7.12. The fourth-order valence-electron chi connectivity index (χ4n) is 2.63. The molecule has 1 unspecified atom stereocenters. The average Bonchev–Trinajstić information content (AvgIpc) is 2.54. The van der Waals surface area contributed by atoms with E-state index in [0.29, 0.717) is 23.8 Å². The zero-order valence-corrected chi connectivity index (χ0v) is 13.0. The number of hydrogen-bond donors (Lipinski definition) is 3. The smallest absolute Gasteiger partial charge is 0.188 e. The van der Waals surface area contributed by atoms with E-state index < -0.39 is 5.79 Å². The van der Waals surface area contributed by atoms with Crippen molar-refractivity contribution in [3.05, 3.63) is 47.8 Å². The van der Waals surface area contributed by atoms with Crippen molar-refractivity contribution in [2.24, 2.45) is 16.5 Å². The number of rotatable bonds is 4. The first-order valence-corrected chi connectivity index (χ1v) is 7.12. The van der Waals surface area contributed by atoms with Crippen LogP contribution in [0, 0.1) is 0 Å². The predicted octanol–water partition coefficient (Wildman–Crippen LogP) is 1.08. The van der Waals surface area contributed by atoms with E-state index in [1.807, 2.05) is 18.2 Å². The van der Waals surface area contributed by atoms with Crippen molar-refractivity contribution in [2.75, 3.05) is 19.5 Å². The second-order valence-electron chi connectivity index (χ2n) is 5.32. The summed E-state index contributed by atoms with van der Waals surface area (Å²) < 4.78 is 10.6. The van der Waals surface area contributed by atoms with Gasteiger partial charge in [0.05, 0.1) is 26.1 Å². The van der Waals surface area contributed by atoms with Gasteiger partial charge in [-0.25, -0.2) is 4.99 Å². The van der Waals surface area contributed by atoms with Gasteiger partial charge in [0.1, 0.15) is 17.3 Å². The Morgan fingerprint density at radius 2 is 2.04 bits per heavy atom. The largest absolute Gasteiger partial charge is 0.497 e. The van der Waals surface area contributed by atoms with Gasteiger partial charge in [-0.15, -0.1) is 0 Å². The predicted molar refractivity (Wildman–Crippen MR) is 88.8 cm³/mol. The van der Waals surface area contributed by atoms with Crippen LogP contribution in [-0.4, -0.2) is 30.8 Å². The molecule has 3 rings (SSSR count). The summed E-state index contributed by atoms with van der Waals surface area (Å²) in [4.78, 5) is 8.51. The van der Waals surface area contributed by atoms with Crippen LogP contribution in [0.4, 0.5) is 5.69 Å². The van der Waals surface area contributed by atoms with Crippen molar-refractivity contribution < 1.29 is 9.47 Å². The van der Waals surface area contributed by atoms with Crippen LogP contribution in [-0.2, 0) is 6.42 Å². The molecule has 0 bridgehead atoms. The summed E-state index contributed by atoms with van der Waals surface area (Å²) >= 11 is 0. The van der Waals surface area contributed by atoms with Gasteiger partial charge in [0.2, 0.25) is 0 Å². The fourth-order valence-corrected chi connectivity index (χ4v) is 2.63. The number of aromatic nitrogens is 1. The van der Waals surface area contributed by atoms with E-state index in [1.165, 1.54) is 0 Å². The number of nitrogens with two attached hydrogens (primary N) is 2. The van der Waals surface area contributed by atoms with Gasteiger partial charge >= 0.3 is 0 Å². The minimum absolute atomic E-state index is 0.385. The van der Waals surface area contributed by atoms with Crippen LogP contribution >= 0.6 is 0 Å². The number of ether oxygens (including phenoxy) is 2. The SMILES string of the molecule is COc1ccc(CC2(N)N=C(N)c3ccncc3N2)c(OC)c1. The molecule has 0 aliphatic carbocycles. The summed E-state index contributed by atoms with van der Waals surface area (Å²) in [6, 6.07) is 7.36. The van der Waals surface area contributed by atoms with Gasteiger partial charge in [0, 0.05) is 29.8 Å². The molecule has 2 heterocycles. The van der Waals surface area contributed by atoms with Crippen molar-refractivity contribution in [2.45, 2.75) is 12.2 Å². The maximum Gasteiger partial charge on any atom is 0.188 e. The molecule has 120 valence electrons. The number of aliphatic imine (C=N–C) groups is 1. The molecule has 0 saturated heterocycles. The van der Waals surface area contributed by atoms with Crippen molar-refractivity contribution >= 4 is 11.5 Å². The monoisotopic (exact) mass is 313 g/mol. The molecule has 0 fully saturated rings. The Kier molecular flexibility index (Phi) is 3.79. The van der Waals surface area contributed by atoms with E-state index in [1.54, 1.807) is 32.7 Å². The Morgan fingerprint density at radius 3 is 2.78 bits per heavy atom. The number of methoxy groups -OCH3 is 2. The summed E-state index contributed by atoms with van der Waals surface area (Å²) in [6.45, 7) is 0. The van der Waals surface area contributed by atoms with Crippen molar-refractivity contribution in [1.82, 2.24) is 4.98 Å². The van der Waals surface area contributed by atoms with Crippen LogP contribution in [0.15, 0.2) is 41.7 Å². The minimum Gasteiger partial charge on any atom is -0.497 e. The Bertz CT molecular complexity index is 762. The molecular formula is C16H19N5O2. The van der Waals surface area contributed by atoms with E-state index in [9.17, 15) is 0 Å². The summed E-state index contributed by atoms with van der Waals surface area (Å²) in [6.07, 6.45) is 3.75. The maximum atomic E-state index is 6.40. The molecule has 1 aromatic carbocycles. The molecule has 0 radical (unpaired) electrons. The maximum absolute atomic E-state index is 6.40. The van der Waals surface area contributed by atoms with Crippen LogP contribution in [0.3, 0.4) is 0 Å². The molecule has 5 N–H and O–H groups in total. The minimum atomic E-state index is -1.07. The van der Waals surface area contributed by atoms with E-state index >= 15 is 0 Å². The molecule has 0 spiro atoms. The van der Waals surface area contributed by atoms with E-state index in [0.717, 1.165) is 16.8 Å². The Labute approximate surface area is 134 Å². The fraction of sp³-hybridized carbons (Fsp3) is 0.250. The summed E-state index contributed by atoms with van der Waals surface area (Å²) in [5.41, 5.74) is 14.9. The summed E-state index contributed by atoms with van der Waals surface area (Å²) in [5.74, 6) is 0.714. The van der Waals surface area contributed by atoms with Gasteiger partial charge in [-0.05, 0) is 12.1 Å². The second kappa shape index (κ2) is 5.77. The lowest BCUT2D eigenvalue weighted by molar-refractivity contribution is 0.386. The number of amidine groups is 1. The molecule has 7 heteroatoms. The highest BCUT2D eigenvalue weighted by Crippen LogP contribution is 2.30. The van der Waals surface area contributed by atoms with Crippen LogP contribution in [0.25, 0.3) is 0 Å². The van der Waals surface area contributed by atoms with Gasteiger partial charge in [-0.1, -0.05) is 6.07 Å². The van der Waals surface area contributed by atoms with Gasteiger partial charge in [0.15, 0.2) is 5.79 Å². The highest BCUT2D eigenvalue weighted by atomic mass is 16.5. The molecular weight excluding hydrogens is 294 g/mol. The number of hydrogen-bond acceptors (Lipinski definition) is 7. The van der Waals surface area contributed by atoms with Gasteiger partial charge < -0.3 is 20.5 Å². The molecule has 2 aromatic rings. The quantitative estimate of drug-likeness (QED) is 0.779. The number of fused-ring (bicyclic) bond motifs is 1. The van der Waals surface area contributed by atoms with Crippen LogP contribution in [0.1, 0.15) is 11.1 Å². The summed E-state index contributed by atoms with van der Waals surface area (Å²) in [7, 11) is 3.21.